The van der Waals surface area contributed by atoms with Crippen molar-refractivity contribution in [3.8, 4) is 28.0 Å². The molecular formula is C30H31FO. The van der Waals surface area contributed by atoms with Gasteiger partial charge in [-0.2, -0.15) is 0 Å². The van der Waals surface area contributed by atoms with Crippen LogP contribution in [0.2, 0.25) is 0 Å². The molecule has 1 aliphatic carbocycles. The molecule has 3 aromatic carbocycles. The molecule has 0 aromatic heterocycles. The van der Waals surface area contributed by atoms with Crippen LogP contribution in [0.5, 0.6) is 5.75 Å². The molecule has 0 bridgehead atoms. The van der Waals surface area contributed by atoms with Crippen molar-refractivity contribution in [2.45, 2.75) is 38.5 Å². The Morgan fingerprint density at radius 1 is 0.875 bits per heavy atom. The standard InChI is InChI=1S/C30H31FO/c1-4-6-25-19-27(32-3)16-18-28(25)26-15-17-29(30(31)20-26)24-13-11-23(12-14-24)22-9-7-21(5-2)8-10-22/h4-6,11-22H,2,7-10H2,1,3H3. The summed E-state index contributed by atoms with van der Waals surface area (Å²) in [5, 5.41) is 0. The molecule has 32 heavy (non-hydrogen) atoms. The van der Waals surface area contributed by atoms with E-state index < -0.39 is 0 Å². The van der Waals surface area contributed by atoms with E-state index in [-0.39, 0.29) is 5.82 Å². The lowest BCUT2D eigenvalue weighted by molar-refractivity contribution is 0.376. The molecule has 0 N–H and O–H groups in total. The van der Waals surface area contributed by atoms with Gasteiger partial charge in [-0.3, -0.25) is 0 Å². The van der Waals surface area contributed by atoms with Gasteiger partial charge in [0.2, 0.25) is 0 Å². The lowest BCUT2D eigenvalue weighted by Gasteiger charge is -2.27. The van der Waals surface area contributed by atoms with E-state index in [0.717, 1.165) is 28.0 Å². The second-order valence-electron chi connectivity index (χ2n) is 8.62. The third kappa shape index (κ3) is 4.70. The van der Waals surface area contributed by atoms with E-state index in [1.807, 2.05) is 49.4 Å². The molecule has 3 aromatic rings. The normalized spacial score (nSPS) is 18.6. The van der Waals surface area contributed by atoms with Crippen LogP contribution in [0.25, 0.3) is 28.3 Å². The fourth-order valence-corrected chi connectivity index (χ4v) is 4.79. The molecule has 1 nitrogen and oxygen atoms in total. The number of rotatable bonds is 6. The van der Waals surface area contributed by atoms with Crippen molar-refractivity contribution in [1.82, 2.24) is 0 Å². The lowest BCUT2D eigenvalue weighted by Crippen LogP contribution is -2.11. The van der Waals surface area contributed by atoms with Crippen LogP contribution in [0.3, 0.4) is 0 Å². The maximum absolute atomic E-state index is 15.2. The largest absolute Gasteiger partial charge is 0.497 e. The maximum atomic E-state index is 15.2. The Bertz CT molecular complexity index is 1100. The summed E-state index contributed by atoms with van der Waals surface area (Å²) >= 11 is 0. The van der Waals surface area contributed by atoms with Gasteiger partial charge >= 0.3 is 0 Å². The molecule has 0 heterocycles. The highest BCUT2D eigenvalue weighted by atomic mass is 19.1. The van der Waals surface area contributed by atoms with Crippen LogP contribution in [0.15, 0.2) is 79.4 Å². The topological polar surface area (TPSA) is 9.23 Å². The lowest BCUT2D eigenvalue weighted by atomic mass is 9.78. The van der Waals surface area contributed by atoms with Crippen LogP contribution in [-0.4, -0.2) is 7.11 Å². The monoisotopic (exact) mass is 426 g/mol. The second kappa shape index (κ2) is 9.99. The van der Waals surface area contributed by atoms with Gasteiger partial charge in [0.25, 0.3) is 0 Å². The fourth-order valence-electron chi connectivity index (χ4n) is 4.79. The van der Waals surface area contributed by atoms with Gasteiger partial charge in [0.15, 0.2) is 0 Å². The summed E-state index contributed by atoms with van der Waals surface area (Å²) in [6, 6.07) is 19.9. The van der Waals surface area contributed by atoms with E-state index in [1.54, 1.807) is 13.2 Å². The Morgan fingerprint density at radius 2 is 1.56 bits per heavy atom. The van der Waals surface area contributed by atoms with Gasteiger partial charge < -0.3 is 4.74 Å². The van der Waals surface area contributed by atoms with E-state index in [4.69, 9.17) is 4.74 Å². The first-order chi connectivity index (χ1) is 15.6. The number of ether oxygens (including phenoxy) is 1. The first-order valence-electron chi connectivity index (χ1n) is 11.5. The zero-order valence-electron chi connectivity index (χ0n) is 19.0. The molecule has 2 heteroatoms. The molecule has 0 radical (unpaired) electrons. The third-order valence-electron chi connectivity index (χ3n) is 6.68. The molecule has 0 saturated heterocycles. The fraction of sp³-hybridized carbons (Fsp3) is 0.267. The molecule has 0 aliphatic heterocycles. The summed E-state index contributed by atoms with van der Waals surface area (Å²) in [5.41, 5.74) is 5.77. The molecule has 1 aliphatic rings. The summed E-state index contributed by atoms with van der Waals surface area (Å²) in [6.07, 6.45) is 10.9. The van der Waals surface area contributed by atoms with Gasteiger partial charge in [-0.1, -0.05) is 60.7 Å². The highest BCUT2D eigenvalue weighted by Crippen LogP contribution is 2.37. The summed E-state index contributed by atoms with van der Waals surface area (Å²) in [6.45, 7) is 5.91. The Hall–Kier alpha value is -3.13. The molecule has 0 amide bonds. The number of benzene rings is 3. The molecule has 1 fully saturated rings. The quantitative estimate of drug-likeness (QED) is 0.358. The van der Waals surface area contributed by atoms with Gasteiger partial charge in [0, 0.05) is 5.56 Å². The minimum Gasteiger partial charge on any atom is -0.497 e. The number of hydrogen-bond acceptors (Lipinski definition) is 1. The zero-order chi connectivity index (χ0) is 22.5. The first kappa shape index (κ1) is 22.1. The minimum atomic E-state index is -0.205. The summed E-state index contributed by atoms with van der Waals surface area (Å²) in [4.78, 5) is 0. The first-order valence-corrected chi connectivity index (χ1v) is 11.5. The van der Waals surface area contributed by atoms with Crippen LogP contribution >= 0.6 is 0 Å². The Kier molecular flexibility index (Phi) is 6.90. The van der Waals surface area contributed by atoms with Gasteiger partial charge in [0.1, 0.15) is 11.6 Å². The van der Waals surface area contributed by atoms with E-state index in [1.165, 1.54) is 31.2 Å². The van der Waals surface area contributed by atoms with Crippen molar-refractivity contribution < 1.29 is 9.13 Å². The van der Waals surface area contributed by atoms with Crippen molar-refractivity contribution in [2.75, 3.05) is 7.11 Å². The van der Waals surface area contributed by atoms with Crippen molar-refractivity contribution in [3.63, 3.8) is 0 Å². The minimum absolute atomic E-state index is 0.205. The smallest absolute Gasteiger partial charge is 0.131 e. The van der Waals surface area contributed by atoms with Gasteiger partial charge in [-0.25, -0.2) is 4.39 Å². The Balaban J connectivity index is 1.57. The van der Waals surface area contributed by atoms with E-state index in [2.05, 4.69) is 36.9 Å². The average molecular weight is 427 g/mol. The Labute approximate surface area is 191 Å². The predicted molar refractivity (Wildman–Crippen MR) is 133 cm³/mol. The summed E-state index contributed by atoms with van der Waals surface area (Å²) in [5.74, 6) is 1.85. The molecule has 4 rings (SSSR count). The zero-order valence-corrected chi connectivity index (χ0v) is 19.0. The number of methoxy groups -OCH3 is 1. The second-order valence-corrected chi connectivity index (χ2v) is 8.62. The highest BCUT2D eigenvalue weighted by Gasteiger charge is 2.20. The van der Waals surface area contributed by atoms with Crippen LogP contribution in [0, 0.1) is 11.7 Å². The van der Waals surface area contributed by atoms with Crippen LogP contribution < -0.4 is 4.74 Å². The van der Waals surface area contributed by atoms with Crippen molar-refractivity contribution in [3.05, 3.63) is 96.3 Å². The maximum Gasteiger partial charge on any atom is 0.131 e. The van der Waals surface area contributed by atoms with Gasteiger partial charge in [-0.15, -0.1) is 6.58 Å². The molecular weight excluding hydrogens is 395 g/mol. The van der Waals surface area contributed by atoms with Gasteiger partial charge in [0.05, 0.1) is 7.11 Å². The average Bonchev–Trinajstić information content (AvgIpc) is 2.84. The van der Waals surface area contributed by atoms with Crippen molar-refractivity contribution >= 4 is 6.08 Å². The highest BCUT2D eigenvalue weighted by molar-refractivity contribution is 5.78. The molecule has 0 spiro atoms. The summed E-state index contributed by atoms with van der Waals surface area (Å²) < 4.78 is 20.5. The summed E-state index contributed by atoms with van der Waals surface area (Å²) in [7, 11) is 1.65. The van der Waals surface area contributed by atoms with E-state index in [0.29, 0.717) is 17.4 Å². The third-order valence-corrected chi connectivity index (χ3v) is 6.68. The number of halogens is 1. The molecule has 0 atom stereocenters. The molecule has 1 saturated carbocycles. The van der Waals surface area contributed by atoms with Gasteiger partial charge in [-0.05, 0) is 90.5 Å². The van der Waals surface area contributed by atoms with E-state index in [9.17, 15) is 0 Å². The van der Waals surface area contributed by atoms with E-state index >= 15 is 4.39 Å². The predicted octanol–water partition coefficient (Wildman–Crippen LogP) is 8.66. The van der Waals surface area contributed by atoms with Crippen LogP contribution in [0.4, 0.5) is 4.39 Å². The van der Waals surface area contributed by atoms with Crippen LogP contribution in [0.1, 0.15) is 49.7 Å². The van der Waals surface area contributed by atoms with Crippen molar-refractivity contribution in [1.29, 1.82) is 0 Å². The SMILES string of the molecule is C=CC1CCC(c2ccc(-c3ccc(-c4ccc(OC)cc4C=CC)cc3F)cc2)CC1. The van der Waals surface area contributed by atoms with Crippen LogP contribution in [-0.2, 0) is 0 Å². The number of hydrogen-bond donors (Lipinski definition) is 0. The number of allylic oxidation sites excluding steroid dienone is 2. The van der Waals surface area contributed by atoms with Crippen molar-refractivity contribution in [2.24, 2.45) is 5.92 Å². The Morgan fingerprint density at radius 3 is 2.19 bits per heavy atom. The molecule has 164 valence electrons. The molecule has 0 unspecified atom stereocenters.